The predicted octanol–water partition coefficient (Wildman–Crippen LogP) is 3.88. The maximum absolute atomic E-state index is 13.1. The van der Waals surface area contributed by atoms with E-state index >= 15 is 0 Å². The maximum Gasteiger partial charge on any atom is 0.167 e. The molecule has 0 heterocycles. The standard InChI is InChI=1S/C13H12FNO3S/c14-15(18-17-13-9-5-2-6-10-13)19-16-11-12-7-3-1-4-8-12/h1-10H,11H2. The minimum absolute atomic E-state index is 0.101. The topological polar surface area (TPSA) is 30.9 Å². The molecule has 2 rings (SSSR count). The Morgan fingerprint density at radius 3 is 2.26 bits per heavy atom. The van der Waals surface area contributed by atoms with E-state index < -0.39 is 0 Å². The quantitative estimate of drug-likeness (QED) is 0.253. The van der Waals surface area contributed by atoms with Gasteiger partial charge in [-0.25, -0.2) is 0 Å². The van der Waals surface area contributed by atoms with Crippen molar-refractivity contribution in [2.75, 3.05) is 0 Å². The summed E-state index contributed by atoms with van der Waals surface area (Å²) in [6.07, 6.45) is 0. The summed E-state index contributed by atoms with van der Waals surface area (Å²) in [5.41, 5.74) is 0.937. The van der Waals surface area contributed by atoms with Crippen LogP contribution >= 0.6 is 12.2 Å². The average molecular weight is 281 g/mol. The van der Waals surface area contributed by atoms with Crippen molar-refractivity contribution < 1.29 is 18.5 Å². The van der Waals surface area contributed by atoms with Gasteiger partial charge in [-0.05, 0) is 22.7 Å². The van der Waals surface area contributed by atoms with Crippen LogP contribution in [0, 0.1) is 0 Å². The second-order valence-electron chi connectivity index (χ2n) is 3.51. The van der Waals surface area contributed by atoms with Gasteiger partial charge in [0.1, 0.15) is 16.9 Å². The molecule has 0 spiro atoms. The highest BCUT2D eigenvalue weighted by Crippen LogP contribution is 2.17. The second-order valence-corrected chi connectivity index (χ2v) is 4.18. The molecule has 0 unspecified atom stereocenters. The Kier molecular flexibility index (Phi) is 5.64. The number of benzene rings is 2. The predicted molar refractivity (Wildman–Crippen MR) is 69.9 cm³/mol. The van der Waals surface area contributed by atoms with Gasteiger partial charge in [-0.3, -0.25) is 4.18 Å². The first-order chi connectivity index (χ1) is 9.34. The van der Waals surface area contributed by atoms with Crippen molar-refractivity contribution in [3.05, 3.63) is 66.2 Å². The minimum atomic E-state index is -0.101. The van der Waals surface area contributed by atoms with Crippen LogP contribution in [0.5, 0.6) is 5.75 Å². The summed E-state index contributed by atoms with van der Waals surface area (Å²) in [7, 11) is 0. The first-order valence-electron chi connectivity index (χ1n) is 5.54. The molecule has 0 fully saturated rings. The fourth-order valence-corrected chi connectivity index (χ4v) is 1.60. The highest BCUT2D eigenvalue weighted by atomic mass is 32.2. The third-order valence-corrected chi connectivity index (χ3v) is 2.52. The van der Waals surface area contributed by atoms with E-state index in [0.717, 1.165) is 5.56 Å². The molecular weight excluding hydrogens is 269 g/mol. The molecule has 100 valence electrons. The Hall–Kier alpha value is -1.60. The van der Waals surface area contributed by atoms with E-state index in [1.807, 2.05) is 36.4 Å². The summed E-state index contributed by atoms with van der Waals surface area (Å²) in [5.74, 6) is 0.397. The molecule has 0 radical (unpaired) electrons. The molecule has 0 saturated heterocycles. The van der Waals surface area contributed by atoms with Crippen LogP contribution in [0.15, 0.2) is 60.7 Å². The third-order valence-electron chi connectivity index (χ3n) is 2.12. The molecule has 2 aromatic rings. The summed E-state index contributed by atoms with van der Waals surface area (Å²) >= 11 is 0.410. The van der Waals surface area contributed by atoms with Gasteiger partial charge >= 0.3 is 0 Å². The zero-order chi connectivity index (χ0) is 13.3. The molecule has 6 heteroatoms. The second kappa shape index (κ2) is 7.75. The number of hydrogen-bond acceptors (Lipinski definition) is 5. The lowest BCUT2D eigenvalue weighted by atomic mass is 10.2. The summed E-state index contributed by atoms with van der Waals surface area (Å²) in [5, 5.41) is 0. The van der Waals surface area contributed by atoms with Gasteiger partial charge in [0.15, 0.2) is 5.75 Å². The highest BCUT2D eigenvalue weighted by Gasteiger charge is 2.08. The molecule has 4 nitrogen and oxygen atoms in total. The molecule has 19 heavy (non-hydrogen) atoms. The molecule has 0 atom stereocenters. The van der Waals surface area contributed by atoms with Crippen LogP contribution in [0.1, 0.15) is 5.56 Å². The largest absolute Gasteiger partial charge is 0.316 e. The Bertz CT molecular complexity index is 472. The van der Waals surface area contributed by atoms with E-state index in [-0.39, 0.29) is 11.3 Å². The van der Waals surface area contributed by atoms with Gasteiger partial charge in [0.05, 0.1) is 6.61 Å². The monoisotopic (exact) mass is 281 g/mol. The van der Waals surface area contributed by atoms with Crippen LogP contribution in [0.4, 0.5) is 4.48 Å². The van der Waals surface area contributed by atoms with Gasteiger partial charge in [0, 0.05) is 0 Å². The highest BCUT2D eigenvalue weighted by molar-refractivity contribution is 7.91. The fraction of sp³-hybridized carbons (Fsp3) is 0.0769. The number of para-hydroxylation sites is 1. The van der Waals surface area contributed by atoms with Crippen molar-refractivity contribution in [2.45, 2.75) is 6.61 Å². The van der Waals surface area contributed by atoms with Gasteiger partial charge in [-0.15, -0.1) is 0 Å². The molecule has 2 aromatic carbocycles. The van der Waals surface area contributed by atoms with E-state index in [1.165, 1.54) is 0 Å². The molecule has 0 aliphatic carbocycles. The van der Waals surface area contributed by atoms with Crippen molar-refractivity contribution >= 4 is 12.2 Å². The number of hydrogen-bond donors (Lipinski definition) is 0. The summed E-state index contributed by atoms with van der Waals surface area (Å²) in [6, 6.07) is 18.0. The van der Waals surface area contributed by atoms with Crippen LogP contribution in [0.25, 0.3) is 0 Å². The molecule has 0 aliphatic rings. The normalized spacial score (nSPS) is 10.6. The Balaban J connectivity index is 1.64. The number of rotatable bonds is 7. The van der Waals surface area contributed by atoms with Gasteiger partial charge in [-0.2, -0.15) is 0 Å². The molecular formula is C13H12FNO3S. The third kappa shape index (κ3) is 5.27. The lowest BCUT2D eigenvalue weighted by Crippen LogP contribution is -2.09. The van der Waals surface area contributed by atoms with E-state index in [9.17, 15) is 4.48 Å². The van der Waals surface area contributed by atoms with Crippen molar-refractivity contribution in [2.24, 2.45) is 0 Å². The van der Waals surface area contributed by atoms with E-state index in [0.29, 0.717) is 18.0 Å². The van der Waals surface area contributed by atoms with Crippen LogP contribution in [-0.4, -0.2) is 4.69 Å². The van der Waals surface area contributed by atoms with Gasteiger partial charge < -0.3 is 4.89 Å². The smallest absolute Gasteiger partial charge is 0.167 e. The molecule has 0 N–H and O–H groups in total. The van der Waals surface area contributed by atoms with Crippen molar-refractivity contribution in [3.63, 3.8) is 0 Å². The molecule has 0 aromatic heterocycles. The molecule has 0 aliphatic heterocycles. The lowest BCUT2D eigenvalue weighted by molar-refractivity contribution is -0.385. The van der Waals surface area contributed by atoms with Crippen LogP contribution in [-0.2, 0) is 15.8 Å². The lowest BCUT2D eigenvalue weighted by Gasteiger charge is -2.08. The van der Waals surface area contributed by atoms with E-state index in [4.69, 9.17) is 9.07 Å². The minimum Gasteiger partial charge on any atom is -0.316 e. The Morgan fingerprint density at radius 2 is 1.58 bits per heavy atom. The average Bonchev–Trinajstić information content (AvgIpc) is 2.47. The van der Waals surface area contributed by atoms with Crippen molar-refractivity contribution in [3.8, 4) is 5.75 Å². The molecule has 0 saturated carbocycles. The van der Waals surface area contributed by atoms with Gasteiger partial charge in [-0.1, -0.05) is 53.0 Å². The molecule has 0 bridgehead atoms. The van der Waals surface area contributed by atoms with Crippen molar-refractivity contribution in [1.82, 2.24) is 4.69 Å². The van der Waals surface area contributed by atoms with E-state index in [1.54, 1.807) is 24.3 Å². The zero-order valence-corrected chi connectivity index (χ0v) is 10.8. The Morgan fingerprint density at radius 1 is 0.947 bits per heavy atom. The van der Waals surface area contributed by atoms with Crippen LogP contribution in [0.2, 0.25) is 0 Å². The van der Waals surface area contributed by atoms with Crippen LogP contribution < -0.4 is 4.89 Å². The SMILES string of the molecule is FN(OOc1ccccc1)SOCc1ccccc1. The first-order valence-corrected chi connectivity index (χ1v) is 6.23. The number of nitrogens with zero attached hydrogens (tertiary/aromatic N) is 1. The summed E-state index contributed by atoms with van der Waals surface area (Å²) < 4.78 is 18.0. The summed E-state index contributed by atoms with van der Waals surface area (Å²) in [4.78, 5) is 9.09. The van der Waals surface area contributed by atoms with Gasteiger partial charge in [0.2, 0.25) is 0 Å². The molecule has 0 amide bonds. The summed E-state index contributed by atoms with van der Waals surface area (Å²) in [6.45, 7) is 0.265. The van der Waals surface area contributed by atoms with Crippen LogP contribution in [0.3, 0.4) is 0 Å². The zero-order valence-electron chi connectivity index (χ0n) is 9.94. The van der Waals surface area contributed by atoms with Gasteiger partial charge in [0.25, 0.3) is 0 Å². The van der Waals surface area contributed by atoms with E-state index in [2.05, 4.69) is 4.99 Å². The maximum atomic E-state index is 13.1. The Labute approximate surface area is 114 Å². The van der Waals surface area contributed by atoms with Crippen molar-refractivity contribution in [1.29, 1.82) is 0 Å². The number of halogens is 1. The fourth-order valence-electron chi connectivity index (χ4n) is 1.27. The first kappa shape index (κ1) is 13.8.